The van der Waals surface area contributed by atoms with E-state index in [4.69, 9.17) is 0 Å². The van der Waals surface area contributed by atoms with Crippen LogP contribution in [0.1, 0.15) is 5.69 Å². The van der Waals surface area contributed by atoms with Crippen molar-refractivity contribution in [3.8, 4) is 11.3 Å². The smallest absolute Gasteiger partial charge is 0.241 e. The number of anilines is 1. The van der Waals surface area contributed by atoms with E-state index < -0.39 is 0 Å². The summed E-state index contributed by atoms with van der Waals surface area (Å²) in [7, 11) is 1.85. The van der Waals surface area contributed by atoms with Crippen LogP contribution in [0.3, 0.4) is 0 Å². The van der Waals surface area contributed by atoms with E-state index in [0.717, 1.165) is 29.2 Å². The summed E-state index contributed by atoms with van der Waals surface area (Å²) in [5.74, 6) is 0.0991. The molecular formula is C18H20N6O. The van der Waals surface area contributed by atoms with Crippen molar-refractivity contribution in [1.82, 2.24) is 24.9 Å². The molecule has 1 aliphatic rings. The van der Waals surface area contributed by atoms with Crippen LogP contribution in [0.4, 0.5) is 5.69 Å². The van der Waals surface area contributed by atoms with Crippen LogP contribution in [0.15, 0.2) is 48.8 Å². The molecule has 1 saturated heterocycles. The number of nitrogens with one attached hydrogen (secondary N) is 1. The van der Waals surface area contributed by atoms with Crippen molar-refractivity contribution in [2.45, 2.75) is 6.54 Å². The summed E-state index contributed by atoms with van der Waals surface area (Å²) in [5.41, 5.74) is 3.89. The Morgan fingerprint density at radius 1 is 1.20 bits per heavy atom. The number of hydrogen-bond acceptors (Lipinski definition) is 4. The van der Waals surface area contributed by atoms with Crippen LogP contribution in [-0.2, 0) is 18.4 Å². The second kappa shape index (κ2) is 6.52. The summed E-state index contributed by atoms with van der Waals surface area (Å²) in [6.45, 7) is 2.57. The molecule has 2 aromatic heterocycles. The Kier molecular flexibility index (Phi) is 4.07. The number of aromatic amines is 1. The summed E-state index contributed by atoms with van der Waals surface area (Å²) in [4.78, 5) is 16.4. The van der Waals surface area contributed by atoms with E-state index in [1.807, 2.05) is 49.6 Å². The Labute approximate surface area is 145 Å². The molecule has 0 bridgehead atoms. The van der Waals surface area contributed by atoms with E-state index in [9.17, 15) is 4.79 Å². The number of H-pyrrole nitrogens is 1. The van der Waals surface area contributed by atoms with Gasteiger partial charge in [-0.3, -0.25) is 19.5 Å². The second-order valence-corrected chi connectivity index (χ2v) is 6.27. The molecule has 0 spiro atoms. The lowest BCUT2D eigenvalue weighted by Gasteiger charge is -2.33. The number of piperazine rings is 1. The molecule has 25 heavy (non-hydrogen) atoms. The number of rotatable bonds is 4. The Balaban J connectivity index is 1.40. The van der Waals surface area contributed by atoms with Crippen molar-refractivity contribution in [2.24, 2.45) is 7.05 Å². The minimum atomic E-state index is 0.0991. The first-order valence-electron chi connectivity index (χ1n) is 8.30. The lowest BCUT2D eigenvalue weighted by atomic mass is 10.1. The summed E-state index contributed by atoms with van der Waals surface area (Å²) < 4.78 is 1.71. The van der Waals surface area contributed by atoms with Gasteiger partial charge in [0.15, 0.2) is 0 Å². The summed E-state index contributed by atoms with van der Waals surface area (Å²) in [5, 5.41) is 11.6. The van der Waals surface area contributed by atoms with Gasteiger partial charge in [-0.2, -0.15) is 10.2 Å². The summed E-state index contributed by atoms with van der Waals surface area (Å²) >= 11 is 0. The number of benzene rings is 1. The molecule has 1 fully saturated rings. The average Bonchev–Trinajstić information content (AvgIpc) is 3.25. The highest BCUT2D eigenvalue weighted by molar-refractivity contribution is 5.95. The first kappa shape index (κ1) is 15.6. The largest absolute Gasteiger partial charge is 0.307 e. The monoisotopic (exact) mass is 336 g/mol. The minimum Gasteiger partial charge on any atom is -0.307 e. The number of carbonyl (C=O) groups excluding carboxylic acids is 1. The van der Waals surface area contributed by atoms with Crippen molar-refractivity contribution in [1.29, 1.82) is 0 Å². The number of carbonyl (C=O) groups is 1. The summed E-state index contributed by atoms with van der Waals surface area (Å²) in [6.07, 6.45) is 3.60. The highest BCUT2D eigenvalue weighted by Crippen LogP contribution is 2.20. The number of aryl methyl sites for hydroxylation is 1. The van der Waals surface area contributed by atoms with Crippen molar-refractivity contribution in [3.63, 3.8) is 0 Å². The Bertz CT molecular complexity index is 869. The predicted molar refractivity (Wildman–Crippen MR) is 94.9 cm³/mol. The van der Waals surface area contributed by atoms with Gasteiger partial charge in [-0.05, 0) is 6.07 Å². The predicted octanol–water partition coefficient (Wildman–Crippen LogP) is 1.66. The van der Waals surface area contributed by atoms with Gasteiger partial charge in [0.1, 0.15) is 0 Å². The van der Waals surface area contributed by atoms with Crippen LogP contribution >= 0.6 is 0 Å². The average molecular weight is 336 g/mol. The van der Waals surface area contributed by atoms with Gasteiger partial charge in [0, 0.05) is 44.1 Å². The molecule has 0 saturated carbocycles. The first-order chi connectivity index (χ1) is 12.2. The quantitative estimate of drug-likeness (QED) is 0.787. The van der Waals surface area contributed by atoms with Gasteiger partial charge in [-0.1, -0.05) is 30.3 Å². The van der Waals surface area contributed by atoms with Crippen LogP contribution in [0, 0.1) is 0 Å². The lowest BCUT2D eigenvalue weighted by Crippen LogP contribution is -2.50. The third kappa shape index (κ3) is 3.32. The van der Waals surface area contributed by atoms with E-state index in [2.05, 4.69) is 20.2 Å². The maximum atomic E-state index is 12.5. The zero-order valence-electron chi connectivity index (χ0n) is 14.1. The SMILES string of the molecule is Cn1cc(N2CCN(Cc3cc(-c4ccccc4)n[nH]3)CC2=O)cn1. The van der Waals surface area contributed by atoms with E-state index in [0.29, 0.717) is 19.6 Å². The van der Waals surface area contributed by atoms with Gasteiger partial charge < -0.3 is 4.90 Å². The highest BCUT2D eigenvalue weighted by Gasteiger charge is 2.26. The van der Waals surface area contributed by atoms with Crippen LogP contribution in [-0.4, -0.2) is 50.4 Å². The Morgan fingerprint density at radius 3 is 2.76 bits per heavy atom. The van der Waals surface area contributed by atoms with E-state index in [-0.39, 0.29) is 5.91 Å². The first-order valence-corrected chi connectivity index (χ1v) is 8.30. The van der Waals surface area contributed by atoms with Gasteiger partial charge in [0.05, 0.1) is 24.1 Å². The molecule has 3 heterocycles. The van der Waals surface area contributed by atoms with E-state index in [1.165, 1.54) is 0 Å². The fourth-order valence-electron chi connectivity index (χ4n) is 3.12. The number of aromatic nitrogens is 4. The third-order valence-corrected chi connectivity index (χ3v) is 4.40. The molecule has 7 heteroatoms. The Hall–Kier alpha value is -2.93. The minimum absolute atomic E-state index is 0.0991. The van der Waals surface area contributed by atoms with E-state index >= 15 is 0 Å². The molecule has 128 valence electrons. The fourth-order valence-corrected chi connectivity index (χ4v) is 3.12. The molecule has 1 N–H and O–H groups in total. The topological polar surface area (TPSA) is 70.1 Å². The molecule has 0 atom stereocenters. The van der Waals surface area contributed by atoms with Crippen LogP contribution < -0.4 is 4.90 Å². The van der Waals surface area contributed by atoms with Crippen LogP contribution in [0.25, 0.3) is 11.3 Å². The molecule has 1 aliphatic heterocycles. The standard InChI is InChI=1S/C18H20N6O/c1-22-12-16(10-19-22)24-8-7-23(13-18(24)25)11-15-9-17(21-20-15)14-5-3-2-4-6-14/h2-6,9-10,12H,7-8,11,13H2,1H3,(H,20,21). The highest BCUT2D eigenvalue weighted by atomic mass is 16.2. The molecule has 4 rings (SSSR count). The summed E-state index contributed by atoms with van der Waals surface area (Å²) in [6, 6.07) is 12.1. The second-order valence-electron chi connectivity index (χ2n) is 6.27. The number of nitrogens with zero attached hydrogens (tertiary/aromatic N) is 5. The molecule has 0 radical (unpaired) electrons. The van der Waals surface area contributed by atoms with Gasteiger partial charge in [0.25, 0.3) is 0 Å². The van der Waals surface area contributed by atoms with Crippen molar-refractivity contribution in [2.75, 3.05) is 24.5 Å². The van der Waals surface area contributed by atoms with Crippen molar-refractivity contribution >= 4 is 11.6 Å². The normalized spacial score (nSPS) is 15.7. The maximum Gasteiger partial charge on any atom is 0.241 e. The molecule has 0 unspecified atom stereocenters. The molecule has 0 aliphatic carbocycles. The molecule has 7 nitrogen and oxygen atoms in total. The van der Waals surface area contributed by atoms with Crippen LogP contribution in [0.2, 0.25) is 0 Å². The van der Waals surface area contributed by atoms with Gasteiger partial charge in [0.2, 0.25) is 5.91 Å². The molecular weight excluding hydrogens is 316 g/mol. The number of hydrogen-bond donors (Lipinski definition) is 1. The zero-order valence-corrected chi connectivity index (χ0v) is 14.1. The van der Waals surface area contributed by atoms with E-state index in [1.54, 1.807) is 15.8 Å². The molecule has 1 aromatic carbocycles. The zero-order chi connectivity index (χ0) is 17.2. The van der Waals surface area contributed by atoms with Gasteiger partial charge >= 0.3 is 0 Å². The van der Waals surface area contributed by atoms with Crippen LogP contribution in [0.5, 0.6) is 0 Å². The fraction of sp³-hybridized carbons (Fsp3) is 0.278. The maximum absolute atomic E-state index is 12.5. The third-order valence-electron chi connectivity index (χ3n) is 4.40. The van der Waals surface area contributed by atoms with Crippen molar-refractivity contribution < 1.29 is 4.79 Å². The van der Waals surface area contributed by atoms with Gasteiger partial charge in [-0.15, -0.1) is 0 Å². The lowest BCUT2D eigenvalue weighted by molar-refractivity contribution is -0.121. The Morgan fingerprint density at radius 2 is 2.04 bits per heavy atom. The number of amides is 1. The molecule has 3 aromatic rings. The molecule has 1 amide bonds. The van der Waals surface area contributed by atoms with Crippen molar-refractivity contribution in [3.05, 3.63) is 54.5 Å². The van der Waals surface area contributed by atoms with Gasteiger partial charge in [-0.25, -0.2) is 0 Å².